The van der Waals surface area contributed by atoms with E-state index in [0.29, 0.717) is 11.8 Å². The standard InChI is InChI=1S/C21H22/c1-17-13-15-21(16-14-17,20-11-7-4-8-12-20)18(2)19-9-5-3-6-10-19/h3-18H,1-2H3. The molecule has 0 fully saturated rings. The van der Waals surface area contributed by atoms with Crippen LogP contribution in [-0.4, -0.2) is 0 Å². The van der Waals surface area contributed by atoms with Crippen LogP contribution in [0.4, 0.5) is 0 Å². The van der Waals surface area contributed by atoms with Gasteiger partial charge in [-0.25, -0.2) is 0 Å². The quantitative estimate of drug-likeness (QED) is 0.649. The molecule has 1 aliphatic rings. The second kappa shape index (κ2) is 5.73. The van der Waals surface area contributed by atoms with Crippen LogP contribution in [0.5, 0.6) is 0 Å². The van der Waals surface area contributed by atoms with Gasteiger partial charge in [0.2, 0.25) is 0 Å². The Morgan fingerprint density at radius 2 is 1.33 bits per heavy atom. The van der Waals surface area contributed by atoms with E-state index in [1.165, 1.54) is 11.1 Å². The van der Waals surface area contributed by atoms with Crippen molar-refractivity contribution in [3.63, 3.8) is 0 Å². The molecule has 0 aliphatic heterocycles. The van der Waals surface area contributed by atoms with Crippen molar-refractivity contribution in [3.8, 4) is 0 Å². The summed E-state index contributed by atoms with van der Waals surface area (Å²) in [6.07, 6.45) is 9.44. The molecule has 0 amide bonds. The van der Waals surface area contributed by atoms with Crippen molar-refractivity contribution in [2.45, 2.75) is 25.2 Å². The molecule has 2 aromatic rings. The largest absolute Gasteiger partial charge is 0.0807 e. The predicted molar refractivity (Wildman–Crippen MR) is 90.4 cm³/mol. The summed E-state index contributed by atoms with van der Waals surface area (Å²) in [7, 11) is 0. The van der Waals surface area contributed by atoms with E-state index in [0.717, 1.165) is 0 Å². The average Bonchev–Trinajstić information content (AvgIpc) is 2.57. The van der Waals surface area contributed by atoms with Gasteiger partial charge in [0, 0.05) is 5.41 Å². The van der Waals surface area contributed by atoms with E-state index in [2.05, 4.69) is 98.8 Å². The van der Waals surface area contributed by atoms with Crippen molar-refractivity contribution < 1.29 is 0 Å². The van der Waals surface area contributed by atoms with Gasteiger partial charge in [0.1, 0.15) is 0 Å². The first-order chi connectivity index (χ1) is 10.2. The first kappa shape index (κ1) is 13.9. The molecule has 3 rings (SSSR count). The summed E-state index contributed by atoms with van der Waals surface area (Å²) in [4.78, 5) is 0. The zero-order valence-corrected chi connectivity index (χ0v) is 12.7. The lowest BCUT2D eigenvalue weighted by atomic mass is 9.66. The maximum atomic E-state index is 2.39. The monoisotopic (exact) mass is 274 g/mol. The highest BCUT2D eigenvalue weighted by Crippen LogP contribution is 2.43. The zero-order valence-electron chi connectivity index (χ0n) is 12.7. The van der Waals surface area contributed by atoms with Gasteiger partial charge in [-0.05, 0) is 23.0 Å². The molecule has 0 saturated carbocycles. The van der Waals surface area contributed by atoms with Gasteiger partial charge >= 0.3 is 0 Å². The molecular formula is C21H22. The van der Waals surface area contributed by atoms with E-state index in [4.69, 9.17) is 0 Å². The van der Waals surface area contributed by atoms with Gasteiger partial charge in [-0.15, -0.1) is 0 Å². The van der Waals surface area contributed by atoms with Crippen molar-refractivity contribution in [2.24, 2.45) is 5.92 Å². The zero-order chi connectivity index (χ0) is 14.7. The van der Waals surface area contributed by atoms with Crippen LogP contribution in [0, 0.1) is 5.92 Å². The summed E-state index contributed by atoms with van der Waals surface area (Å²) in [5.41, 5.74) is 2.70. The van der Waals surface area contributed by atoms with Crippen LogP contribution in [0.15, 0.2) is 85.0 Å². The fourth-order valence-corrected chi connectivity index (χ4v) is 3.22. The number of allylic oxidation sites excluding steroid dienone is 4. The average molecular weight is 274 g/mol. The molecule has 0 saturated heterocycles. The predicted octanol–water partition coefficient (Wildman–Crippen LogP) is 5.49. The Hall–Kier alpha value is -2.08. The second-order valence-corrected chi connectivity index (χ2v) is 6.01. The second-order valence-electron chi connectivity index (χ2n) is 6.01. The van der Waals surface area contributed by atoms with E-state index in [1.54, 1.807) is 0 Å². The van der Waals surface area contributed by atoms with Gasteiger partial charge in [-0.2, -0.15) is 0 Å². The molecule has 0 heterocycles. The normalized spacial score (nSPS) is 25.7. The minimum Gasteiger partial charge on any atom is -0.0807 e. The molecule has 0 radical (unpaired) electrons. The summed E-state index contributed by atoms with van der Waals surface area (Å²) in [6, 6.07) is 21.6. The van der Waals surface area contributed by atoms with E-state index >= 15 is 0 Å². The molecule has 1 unspecified atom stereocenters. The Bertz CT molecular complexity index is 620. The molecule has 1 aliphatic carbocycles. The molecule has 106 valence electrons. The fraction of sp³-hybridized carbons (Fsp3) is 0.238. The molecule has 21 heavy (non-hydrogen) atoms. The number of hydrogen-bond donors (Lipinski definition) is 0. The molecule has 1 atom stereocenters. The van der Waals surface area contributed by atoms with E-state index < -0.39 is 0 Å². The van der Waals surface area contributed by atoms with E-state index in [9.17, 15) is 0 Å². The Balaban J connectivity index is 2.10. The summed E-state index contributed by atoms with van der Waals surface area (Å²) < 4.78 is 0. The third-order valence-electron chi connectivity index (χ3n) is 4.64. The van der Waals surface area contributed by atoms with Crippen LogP contribution in [-0.2, 0) is 5.41 Å². The molecule has 0 nitrogen and oxygen atoms in total. The van der Waals surface area contributed by atoms with E-state index in [1.807, 2.05) is 0 Å². The molecular weight excluding hydrogens is 252 g/mol. The minimum atomic E-state index is -0.0465. The van der Waals surface area contributed by atoms with Crippen LogP contribution in [0.1, 0.15) is 30.9 Å². The fourth-order valence-electron chi connectivity index (χ4n) is 3.22. The lowest BCUT2D eigenvalue weighted by Crippen LogP contribution is -2.30. The van der Waals surface area contributed by atoms with E-state index in [-0.39, 0.29) is 5.41 Å². The third kappa shape index (κ3) is 2.58. The SMILES string of the molecule is CC1C=CC(c2ccccc2)(C(C)c2ccccc2)C=C1. The maximum absolute atomic E-state index is 2.39. The highest BCUT2D eigenvalue weighted by atomic mass is 14.4. The summed E-state index contributed by atoms with van der Waals surface area (Å²) >= 11 is 0. The van der Waals surface area contributed by atoms with Crippen molar-refractivity contribution in [3.05, 3.63) is 96.1 Å². The molecule has 0 aromatic heterocycles. The van der Waals surface area contributed by atoms with Gasteiger partial charge in [0.15, 0.2) is 0 Å². The lowest BCUT2D eigenvalue weighted by Gasteiger charge is -2.37. The molecule has 0 N–H and O–H groups in total. The van der Waals surface area contributed by atoms with Gasteiger partial charge < -0.3 is 0 Å². The maximum Gasteiger partial charge on any atom is 0.0378 e. The lowest BCUT2D eigenvalue weighted by molar-refractivity contribution is 0.534. The highest BCUT2D eigenvalue weighted by Gasteiger charge is 2.35. The Morgan fingerprint density at radius 1 is 0.810 bits per heavy atom. The molecule has 0 spiro atoms. The first-order valence-corrected chi connectivity index (χ1v) is 7.71. The summed E-state index contributed by atoms with van der Waals surface area (Å²) in [5, 5.41) is 0. The third-order valence-corrected chi connectivity index (χ3v) is 4.64. The highest BCUT2D eigenvalue weighted by molar-refractivity contribution is 5.45. The minimum absolute atomic E-state index is 0.0465. The number of benzene rings is 2. The van der Waals surface area contributed by atoms with Gasteiger partial charge in [-0.1, -0.05) is 98.8 Å². The number of hydrogen-bond acceptors (Lipinski definition) is 0. The van der Waals surface area contributed by atoms with Crippen molar-refractivity contribution in [1.82, 2.24) is 0 Å². The molecule has 0 heteroatoms. The van der Waals surface area contributed by atoms with Gasteiger partial charge in [0.05, 0.1) is 0 Å². The Labute approximate surface area is 127 Å². The van der Waals surface area contributed by atoms with Crippen molar-refractivity contribution in [2.75, 3.05) is 0 Å². The molecule has 2 aromatic carbocycles. The first-order valence-electron chi connectivity index (χ1n) is 7.71. The van der Waals surface area contributed by atoms with Crippen LogP contribution in [0.2, 0.25) is 0 Å². The summed E-state index contributed by atoms with van der Waals surface area (Å²) in [6.45, 7) is 4.56. The Morgan fingerprint density at radius 3 is 1.90 bits per heavy atom. The topological polar surface area (TPSA) is 0 Å². The van der Waals surface area contributed by atoms with Crippen LogP contribution in [0.25, 0.3) is 0 Å². The molecule has 0 bridgehead atoms. The smallest absolute Gasteiger partial charge is 0.0378 e. The van der Waals surface area contributed by atoms with Crippen LogP contribution in [0.3, 0.4) is 0 Å². The van der Waals surface area contributed by atoms with Crippen LogP contribution >= 0.6 is 0 Å². The Kier molecular flexibility index (Phi) is 3.79. The van der Waals surface area contributed by atoms with Gasteiger partial charge in [0.25, 0.3) is 0 Å². The number of rotatable bonds is 3. The van der Waals surface area contributed by atoms with Crippen molar-refractivity contribution >= 4 is 0 Å². The van der Waals surface area contributed by atoms with Crippen molar-refractivity contribution in [1.29, 1.82) is 0 Å². The van der Waals surface area contributed by atoms with Gasteiger partial charge in [-0.3, -0.25) is 0 Å². The van der Waals surface area contributed by atoms with Crippen LogP contribution < -0.4 is 0 Å². The summed E-state index contributed by atoms with van der Waals surface area (Å²) in [5.74, 6) is 0.922.